The van der Waals surface area contributed by atoms with E-state index in [4.69, 9.17) is 19.3 Å². The van der Waals surface area contributed by atoms with Gasteiger partial charge in [0, 0.05) is 31.3 Å². The van der Waals surface area contributed by atoms with E-state index < -0.39 is 0 Å². The van der Waals surface area contributed by atoms with Gasteiger partial charge in [-0.3, -0.25) is 9.59 Å². The van der Waals surface area contributed by atoms with Crippen LogP contribution in [-0.4, -0.2) is 62.4 Å². The van der Waals surface area contributed by atoms with Crippen LogP contribution in [0, 0.1) is 0 Å². The molecule has 0 aliphatic rings. The molecule has 1 amide bonds. The van der Waals surface area contributed by atoms with Crippen LogP contribution in [-0.2, 0) is 9.53 Å². The second-order valence-corrected chi connectivity index (χ2v) is 5.03. The molecular formula is C17H25NO6. The number of benzene rings is 1. The molecule has 0 atom stereocenters. The fourth-order valence-corrected chi connectivity index (χ4v) is 2.15. The van der Waals surface area contributed by atoms with Gasteiger partial charge in [0.2, 0.25) is 0 Å². The van der Waals surface area contributed by atoms with Crippen LogP contribution in [0.15, 0.2) is 18.2 Å². The molecule has 1 N–H and O–H groups in total. The Morgan fingerprint density at radius 3 is 2.21 bits per heavy atom. The number of nitrogens with zero attached hydrogens (tertiary/aromatic N) is 1. The van der Waals surface area contributed by atoms with Gasteiger partial charge in [0.1, 0.15) is 11.5 Å². The number of rotatable bonds is 10. The van der Waals surface area contributed by atoms with Crippen molar-refractivity contribution in [1.82, 2.24) is 4.90 Å². The van der Waals surface area contributed by atoms with E-state index >= 15 is 0 Å². The molecule has 1 aromatic rings. The Labute approximate surface area is 142 Å². The lowest BCUT2D eigenvalue weighted by Gasteiger charge is -2.22. The fraction of sp³-hybridized carbons (Fsp3) is 0.529. The first kappa shape index (κ1) is 19.8. The third-order valence-corrected chi connectivity index (χ3v) is 3.36. The number of esters is 1. The highest BCUT2D eigenvalue weighted by Gasteiger charge is 2.18. The minimum Gasteiger partial charge on any atom is -0.497 e. The molecule has 0 fully saturated rings. The highest BCUT2D eigenvalue weighted by atomic mass is 16.5. The number of hydrogen-bond acceptors (Lipinski definition) is 6. The Morgan fingerprint density at radius 1 is 1.08 bits per heavy atom. The van der Waals surface area contributed by atoms with E-state index in [1.54, 1.807) is 25.1 Å². The van der Waals surface area contributed by atoms with E-state index in [0.29, 0.717) is 36.6 Å². The first-order valence-corrected chi connectivity index (χ1v) is 7.84. The standard InChI is InChI=1S/C17H25NO6/c1-4-24-16(20)6-8-18(7-5-9-19)17(21)13-10-14(22-2)12-15(11-13)23-3/h10-12,19H,4-9H2,1-3H3. The largest absolute Gasteiger partial charge is 0.497 e. The summed E-state index contributed by atoms with van der Waals surface area (Å²) in [6.45, 7) is 2.56. The molecule has 1 rings (SSSR count). The molecule has 0 aromatic heterocycles. The molecule has 134 valence electrons. The van der Waals surface area contributed by atoms with E-state index in [9.17, 15) is 9.59 Å². The van der Waals surface area contributed by atoms with Gasteiger partial charge in [0.05, 0.1) is 27.2 Å². The van der Waals surface area contributed by atoms with Crippen molar-refractivity contribution < 1.29 is 28.9 Å². The van der Waals surface area contributed by atoms with Gasteiger partial charge < -0.3 is 24.2 Å². The number of carbonyl (C=O) groups is 2. The maximum atomic E-state index is 12.7. The van der Waals surface area contributed by atoms with Gasteiger partial charge in [0.25, 0.3) is 5.91 Å². The number of carbonyl (C=O) groups excluding carboxylic acids is 2. The van der Waals surface area contributed by atoms with Gasteiger partial charge in [-0.05, 0) is 25.5 Å². The fourth-order valence-electron chi connectivity index (χ4n) is 2.15. The van der Waals surface area contributed by atoms with E-state index in [1.807, 2.05) is 0 Å². The van der Waals surface area contributed by atoms with Gasteiger partial charge in [0.15, 0.2) is 0 Å². The number of methoxy groups -OCH3 is 2. The molecule has 0 heterocycles. The SMILES string of the molecule is CCOC(=O)CCN(CCCO)C(=O)c1cc(OC)cc(OC)c1. The van der Waals surface area contributed by atoms with Gasteiger partial charge in [-0.25, -0.2) is 0 Å². The number of amides is 1. The molecule has 0 saturated carbocycles. The number of hydrogen-bond donors (Lipinski definition) is 1. The zero-order valence-corrected chi connectivity index (χ0v) is 14.4. The molecule has 7 heteroatoms. The van der Waals surface area contributed by atoms with Crippen LogP contribution in [0.1, 0.15) is 30.1 Å². The van der Waals surface area contributed by atoms with Crippen LogP contribution in [0.5, 0.6) is 11.5 Å². The van der Waals surface area contributed by atoms with Crippen molar-refractivity contribution in [1.29, 1.82) is 0 Å². The van der Waals surface area contributed by atoms with Gasteiger partial charge in [-0.15, -0.1) is 0 Å². The van der Waals surface area contributed by atoms with Crippen LogP contribution in [0.3, 0.4) is 0 Å². The maximum absolute atomic E-state index is 12.7. The zero-order chi connectivity index (χ0) is 17.9. The summed E-state index contributed by atoms with van der Waals surface area (Å²) in [5.41, 5.74) is 0.396. The third-order valence-electron chi connectivity index (χ3n) is 3.36. The second-order valence-electron chi connectivity index (χ2n) is 5.03. The summed E-state index contributed by atoms with van der Waals surface area (Å²) in [6.07, 6.45) is 0.530. The minimum absolute atomic E-state index is 0.0371. The van der Waals surface area contributed by atoms with Crippen molar-refractivity contribution in [3.8, 4) is 11.5 Å². The predicted molar refractivity (Wildman–Crippen MR) is 88.4 cm³/mol. The van der Waals surface area contributed by atoms with Gasteiger partial charge in [-0.1, -0.05) is 0 Å². The molecule has 24 heavy (non-hydrogen) atoms. The molecule has 0 spiro atoms. The van der Waals surface area contributed by atoms with Crippen molar-refractivity contribution in [2.24, 2.45) is 0 Å². The number of aliphatic hydroxyl groups is 1. The molecule has 7 nitrogen and oxygen atoms in total. The number of aliphatic hydroxyl groups excluding tert-OH is 1. The van der Waals surface area contributed by atoms with Crippen LogP contribution < -0.4 is 9.47 Å². The van der Waals surface area contributed by atoms with Crippen molar-refractivity contribution in [2.75, 3.05) is 40.5 Å². The van der Waals surface area contributed by atoms with E-state index in [2.05, 4.69) is 0 Å². The molecule has 0 aliphatic heterocycles. The monoisotopic (exact) mass is 339 g/mol. The lowest BCUT2D eigenvalue weighted by Crippen LogP contribution is -2.34. The maximum Gasteiger partial charge on any atom is 0.307 e. The van der Waals surface area contributed by atoms with Crippen molar-refractivity contribution in [3.05, 3.63) is 23.8 Å². The Morgan fingerprint density at radius 2 is 1.71 bits per heavy atom. The second kappa shape index (κ2) is 10.5. The third kappa shape index (κ3) is 6.08. The summed E-state index contributed by atoms with van der Waals surface area (Å²) in [5, 5.41) is 9.02. The smallest absolute Gasteiger partial charge is 0.307 e. The first-order chi connectivity index (χ1) is 11.5. The van der Waals surface area contributed by atoms with Crippen LogP contribution in [0.25, 0.3) is 0 Å². The first-order valence-electron chi connectivity index (χ1n) is 7.84. The average molecular weight is 339 g/mol. The topological polar surface area (TPSA) is 85.3 Å². The predicted octanol–water partition coefficient (Wildman–Crippen LogP) is 1.48. The molecule has 0 bridgehead atoms. The summed E-state index contributed by atoms with van der Waals surface area (Å²) in [4.78, 5) is 25.8. The molecule has 0 unspecified atom stereocenters. The Bertz CT molecular complexity index is 524. The van der Waals surface area contributed by atoms with E-state index in [-0.39, 0.29) is 31.4 Å². The summed E-state index contributed by atoms with van der Waals surface area (Å²) in [7, 11) is 3.01. The Hall–Kier alpha value is -2.28. The van der Waals surface area contributed by atoms with Crippen molar-refractivity contribution in [2.45, 2.75) is 19.8 Å². The Kier molecular flexibility index (Phi) is 8.64. The molecule has 1 aromatic carbocycles. The normalized spacial score (nSPS) is 10.2. The van der Waals surface area contributed by atoms with Crippen LogP contribution in [0.4, 0.5) is 0 Å². The highest BCUT2D eigenvalue weighted by Crippen LogP contribution is 2.23. The molecule has 0 radical (unpaired) electrons. The average Bonchev–Trinajstić information content (AvgIpc) is 2.61. The van der Waals surface area contributed by atoms with Gasteiger partial charge >= 0.3 is 5.97 Å². The van der Waals surface area contributed by atoms with E-state index in [0.717, 1.165) is 0 Å². The Balaban J connectivity index is 2.91. The summed E-state index contributed by atoms with van der Waals surface area (Å²) < 4.78 is 15.2. The minimum atomic E-state index is -0.359. The van der Waals surface area contributed by atoms with Gasteiger partial charge in [-0.2, -0.15) is 0 Å². The summed E-state index contributed by atoms with van der Waals surface area (Å²) >= 11 is 0. The van der Waals surface area contributed by atoms with Crippen LogP contribution >= 0.6 is 0 Å². The van der Waals surface area contributed by atoms with Crippen molar-refractivity contribution >= 4 is 11.9 Å². The van der Waals surface area contributed by atoms with Crippen LogP contribution in [0.2, 0.25) is 0 Å². The summed E-state index contributed by atoms with van der Waals surface area (Å²) in [6, 6.07) is 4.90. The molecular weight excluding hydrogens is 314 g/mol. The molecule has 0 saturated heterocycles. The lowest BCUT2D eigenvalue weighted by atomic mass is 10.1. The zero-order valence-electron chi connectivity index (χ0n) is 14.4. The quantitative estimate of drug-likeness (QED) is 0.650. The van der Waals surface area contributed by atoms with E-state index in [1.165, 1.54) is 19.1 Å². The number of ether oxygens (including phenoxy) is 3. The highest BCUT2D eigenvalue weighted by molar-refractivity contribution is 5.95. The molecule has 0 aliphatic carbocycles. The van der Waals surface area contributed by atoms with Crippen molar-refractivity contribution in [3.63, 3.8) is 0 Å². The lowest BCUT2D eigenvalue weighted by molar-refractivity contribution is -0.143. The summed E-state index contributed by atoms with van der Waals surface area (Å²) in [5.74, 6) is 0.392.